The second-order valence-electron chi connectivity index (χ2n) is 6.32. The van der Waals surface area contributed by atoms with Crippen LogP contribution < -0.4 is 5.32 Å². The van der Waals surface area contributed by atoms with Gasteiger partial charge in [-0.2, -0.15) is 0 Å². The molecule has 2 aromatic rings. The van der Waals surface area contributed by atoms with Crippen molar-refractivity contribution in [3.05, 3.63) is 59.3 Å². The minimum absolute atomic E-state index is 0.137. The molecular weight excluding hydrogens is 276 g/mol. The van der Waals surface area contributed by atoms with Crippen LogP contribution in [0.15, 0.2) is 47.6 Å². The Bertz CT molecular complexity index is 571. The molecule has 0 amide bonds. The van der Waals surface area contributed by atoms with Gasteiger partial charge in [-0.05, 0) is 50.5 Å². The number of nitrogens with zero attached hydrogens (tertiary/aromatic N) is 1. The summed E-state index contributed by atoms with van der Waals surface area (Å²) in [6.45, 7) is 9.54. The van der Waals surface area contributed by atoms with E-state index < -0.39 is 0 Å². The maximum Gasteiger partial charge on any atom is 0.0963 e. The normalized spacial score (nSPS) is 11.6. The van der Waals surface area contributed by atoms with Crippen LogP contribution in [0.3, 0.4) is 0 Å². The van der Waals surface area contributed by atoms with E-state index in [0.717, 1.165) is 17.3 Å². The van der Waals surface area contributed by atoms with Gasteiger partial charge in [-0.3, -0.25) is 0 Å². The van der Waals surface area contributed by atoms with Crippen LogP contribution in [-0.4, -0.2) is 10.5 Å². The molecule has 0 bridgehead atoms. The van der Waals surface area contributed by atoms with Crippen LogP contribution in [-0.2, 0) is 12.3 Å². The molecule has 1 N–H and O–H groups in total. The van der Waals surface area contributed by atoms with Crippen molar-refractivity contribution in [3.8, 4) is 0 Å². The summed E-state index contributed by atoms with van der Waals surface area (Å²) in [5.74, 6) is 0.971. The maximum atomic E-state index is 4.55. The number of hydrogen-bond donors (Lipinski definition) is 1. The van der Waals surface area contributed by atoms with Crippen molar-refractivity contribution in [2.75, 3.05) is 0 Å². The predicted octanol–water partition coefficient (Wildman–Crippen LogP) is 4.57. The lowest BCUT2D eigenvalue weighted by atomic mass is 10.1. The number of hydrogen-bond acceptors (Lipinski definition) is 3. The minimum atomic E-state index is 0.137. The smallest absolute Gasteiger partial charge is 0.0963 e. The SMILES string of the molecule is Cc1ccccc1CSc1ccc(CNC(C)(C)C)cn1. The van der Waals surface area contributed by atoms with Gasteiger partial charge < -0.3 is 5.32 Å². The fourth-order valence-electron chi connectivity index (χ4n) is 1.89. The quantitative estimate of drug-likeness (QED) is 0.819. The number of thioether (sulfide) groups is 1. The van der Waals surface area contributed by atoms with Crippen molar-refractivity contribution in [2.45, 2.75) is 50.6 Å². The number of pyridine rings is 1. The lowest BCUT2D eigenvalue weighted by Gasteiger charge is -2.20. The molecular formula is C18H24N2S. The van der Waals surface area contributed by atoms with E-state index in [2.05, 4.69) is 74.4 Å². The zero-order valence-corrected chi connectivity index (χ0v) is 14.1. The number of aryl methyl sites for hydroxylation is 1. The highest BCUT2D eigenvalue weighted by Crippen LogP contribution is 2.22. The third kappa shape index (κ3) is 5.52. The van der Waals surface area contributed by atoms with Gasteiger partial charge in [0.05, 0.1) is 5.03 Å². The van der Waals surface area contributed by atoms with Gasteiger partial charge in [0.15, 0.2) is 0 Å². The first-order valence-electron chi connectivity index (χ1n) is 7.31. The highest BCUT2D eigenvalue weighted by Gasteiger charge is 2.08. The molecule has 2 rings (SSSR count). The Kier molecular flexibility index (Phi) is 5.43. The third-order valence-corrected chi connectivity index (χ3v) is 4.25. The zero-order chi connectivity index (χ0) is 15.3. The maximum absolute atomic E-state index is 4.55. The van der Waals surface area contributed by atoms with E-state index in [0.29, 0.717) is 0 Å². The van der Waals surface area contributed by atoms with Crippen molar-refractivity contribution < 1.29 is 0 Å². The van der Waals surface area contributed by atoms with Crippen LogP contribution in [0, 0.1) is 6.92 Å². The molecule has 0 aliphatic heterocycles. The van der Waals surface area contributed by atoms with Gasteiger partial charge in [0.25, 0.3) is 0 Å². The van der Waals surface area contributed by atoms with Crippen LogP contribution >= 0.6 is 11.8 Å². The van der Waals surface area contributed by atoms with Gasteiger partial charge in [-0.1, -0.05) is 30.3 Å². The van der Waals surface area contributed by atoms with Crippen LogP contribution in [0.2, 0.25) is 0 Å². The van der Waals surface area contributed by atoms with E-state index in [4.69, 9.17) is 0 Å². The second-order valence-corrected chi connectivity index (χ2v) is 7.32. The fourth-order valence-corrected chi connectivity index (χ4v) is 2.81. The van der Waals surface area contributed by atoms with Gasteiger partial charge in [0.1, 0.15) is 0 Å². The molecule has 0 radical (unpaired) electrons. The second kappa shape index (κ2) is 7.10. The molecule has 0 saturated heterocycles. The molecule has 2 nitrogen and oxygen atoms in total. The van der Waals surface area contributed by atoms with Gasteiger partial charge in [0, 0.05) is 24.0 Å². The Morgan fingerprint density at radius 3 is 2.48 bits per heavy atom. The Morgan fingerprint density at radius 1 is 1.10 bits per heavy atom. The largest absolute Gasteiger partial charge is 0.308 e. The Morgan fingerprint density at radius 2 is 1.86 bits per heavy atom. The third-order valence-electron chi connectivity index (χ3n) is 3.26. The summed E-state index contributed by atoms with van der Waals surface area (Å²) >= 11 is 1.79. The molecule has 1 heterocycles. The lowest BCUT2D eigenvalue weighted by Crippen LogP contribution is -2.35. The molecule has 0 aliphatic carbocycles. The molecule has 1 aromatic carbocycles. The van der Waals surface area contributed by atoms with Crippen molar-refractivity contribution in [1.29, 1.82) is 0 Å². The van der Waals surface area contributed by atoms with E-state index in [1.54, 1.807) is 11.8 Å². The van der Waals surface area contributed by atoms with Crippen LogP contribution in [0.1, 0.15) is 37.5 Å². The van der Waals surface area contributed by atoms with Gasteiger partial charge in [-0.25, -0.2) is 4.98 Å². The fraction of sp³-hybridized carbons (Fsp3) is 0.389. The van der Waals surface area contributed by atoms with Gasteiger partial charge in [-0.15, -0.1) is 11.8 Å². The summed E-state index contributed by atoms with van der Waals surface area (Å²) in [5, 5.41) is 4.56. The molecule has 0 unspecified atom stereocenters. The Labute approximate surface area is 132 Å². The average molecular weight is 300 g/mol. The number of nitrogens with one attached hydrogen (secondary N) is 1. The van der Waals surface area contributed by atoms with Crippen LogP contribution in [0.5, 0.6) is 0 Å². The van der Waals surface area contributed by atoms with E-state index >= 15 is 0 Å². The number of aromatic nitrogens is 1. The molecule has 3 heteroatoms. The summed E-state index contributed by atoms with van der Waals surface area (Å²) in [7, 11) is 0. The van der Waals surface area contributed by atoms with E-state index in [1.165, 1.54) is 16.7 Å². The molecule has 21 heavy (non-hydrogen) atoms. The monoisotopic (exact) mass is 300 g/mol. The Hall–Kier alpha value is -1.32. The Balaban J connectivity index is 1.89. The highest BCUT2D eigenvalue weighted by atomic mass is 32.2. The highest BCUT2D eigenvalue weighted by molar-refractivity contribution is 7.98. The van der Waals surface area contributed by atoms with Crippen molar-refractivity contribution in [2.24, 2.45) is 0 Å². The summed E-state index contributed by atoms with van der Waals surface area (Å²) < 4.78 is 0. The first-order valence-corrected chi connectivity index (χ1v) is 8.30. The molecule has 0 atom stereocenters. The molecule has 0 fully saturated rings. The van der Waals surface area contributed by atoms with Gasteiger partial charge >= 0.3 is 0 Å². The molecule has 1 aromatic heterocycles. The minimum Gasteiger partial charge on any atom is -0.308 e. The number of rotatable bonds is 5. The summed E-state index contributed by atoms with van der Waals surface area (Å²) in [4.78, 5) is 4.55. The standard InChI is InChI=1S/C18H24N2S/c1-14-7-5-6-8-16(14)13-21-17-10-9-15(11-19-17)12-20-18(2,3)4/h5-11,20H,12-13H2,1-4H3. The van der Waals surface area contributed by atoms with Crippen molar-refractivity contribution in [1.82, 2.24) is 10.3 Å². The molecule has 0 saturated carbocycles. The van der Waals surface area contributed by atoms with Crippen molar-refractivity contribution in [3.63, 3.8) is 0 Å². The lowest BCUT2D eigenvalue weighted by molar-refractivity contribution is 0.424. The number of benzene rings is 1. The first-order chi connectivity index (χ1) is 9.94. The van der Waals surface area contributed by atoms with E-state index in [-0.39, 0.29) is 5.54 Å². The summed E-state index contributed by atoms with van der Waals surface area (Å²) in [6, 6.07) is 12.8. The van der Waals surface area contributed by atoms with Crippen molar-refractivity contribution >= 4 is 11.8 Å². The molecule has 112 valence electrons. The molecule has 0 aliphatic rings. The average Bonchev–Trinajstić information content (AvgIpc) is 2.45. The topological polar surface area (TPSA) is 24.9 Å². The summed E-state index contributed by atoms with van der Waals surface area (Å²) in [6.07, 6.45) is 1.97. The first kappa shape index (κ1) is 16.1. The van der Waals surface area contributed by atoms with Gasteiger partial charge in [0.2, 0.25) is 0 Å². The molecule has 0 spiro atoms. The van der Waals surface area contributed by atoms with E-state index in [1.807, 2.05) is 6.20 Å². The summed E-state index contributed by atoms with van der Waals surface area (Å²) in [5.41, 5.74) is 4.09. The predicted molar refractivity (Wildman–Crippen MR) is 91.6 cm³/mol. The van der Waals surface area contributed by atoms with E-state index in [9.17, 15) is 0 Å². The zero-order valence-electron chi connectivity index (χ0n) is 13.3. The van der Waals surface area contributed by atoms with Crippen LogP contribution in [0.25, 0.3) is 0 Å². The van der Waals surface area contributed by atoms with Crippen LogP contribution in [0.4, 0.5) is 0 Å².